The smallest absolute Gasteiger partial charge is 0.143 e. The minimum Gasteiger partial charge on any atom is -0.207 e. The van der Waals surface area contributed by atoms with Crippen LogP contribution in [0.4, 0.5) is 8.78 Å². The van der Waals surface area contributed by atoms with E-state index in [1.807, 2.05) is 24.3 Å². The Morgan fingerprint density at radius 2 is 1.76 bits per heavy atom. The summed E-state index contributed by atoms with van der Waals surface area (Å²) in [4.78, 5) is 0. The Bertz CT molecular complexity index is 629. The molecule has 0 fully saturated rings. The first-order chi connectivity index (χ1) is 10.0. The van der Waals surface area contributed by atoms with Crippen molar-refractivity contribution in [1.82, 2.24) is 0 Å². The third-order valence-electron chi connectivity index (χ3n) is 3.26. The Hall–Kier alpha value is -0.260. The van der Waals surface area contributed by atoms with Gasteiger partial charge in [0.1, 0.15) is 11.6 Å². The van der Waals surface area contributed by atoms with E-state index < -0.39 is 11.6 Å². The molecule has 5 heteroatoms. The Balaban J connectivity index is 2.18. The molecule has 1 unspecified atom stereocenters. The molecule has 21 heavy (non-hydrogen) atoms. The second-order valence-electron chi connectivity index (χ2n) is 4.88. The predicted octanol–water partition coefficient (Wildman–Crippen LogP) is 6.29. The summed E-state index contributed by atoms with van der Waals surface area (Å²) in [7, 11) is 0. The molecule has 112 valence electrons. The highest BCUT2D eigenvalue weighted by atomic mass is 79.9. The average molecular weight is 483 g/mol. The summed E-state index contributed by atoms with van der Waals surface area (Å²) in [5, 5.41) is 0.685. The molecule has 0 aliphatic rings. The highest BCUT2D eigenvalue weighted by Gasteiger charge is 2.17. The Kier molecular flexibility index (Phi) is 6.38. The SMILES string of the molecule is Fc1ccc(Br)c(F)c1CC(CBr)Cc1cccc(Br)c1. The van der Waals surface area contributed by atoms with Gasteiger partial charge < -0.3 is 0 Å². The lowest BCUT2D eigenvalue weighted by Crippen LogP contribution is -2.12. The van der Waals surface area contributed by atoms with Crippen LogP contribution in [0.25, 0.3) is 0 Å². The van der Waals surface area contributed by atoms with Gasteiger partial charge in [-0.05, 0) is 64.5 Å². The molecule has 0 aliphatic heterocycles. The van der Waals surface area contributed by atoms with Crippen molar-refractivity contribution in [2.45, 2.75) is 12.8 Å². The molecule has 1 atom stereocenters. The van der Waals surface area contributed by atoms with Crippen LogP contribution >= 0.6 is 47.8 Å². The molecular formula is C16H13Br3F2. The van der Waals surface area contributed by atoms with Crippen LogP contribution in [0, 0.1) is 17.6 Å². The molecule has 0 N–H and O–H groups in total. The summed E-state index contributed by atoms with van der Waals surface area (Å²) < 4.78 is 29.2. The zero-order valence-electron chi connectivity index (χ0n) is 11.1. The van der Waals surface area contributed by atoms with E-state index >= 15 is 0 Å². The van der Waals surface area contributed by atoms with Gasteiger partial charge in [0.15, 0.2) is 0 Å². The molecule has 0 aliphatic carbocycles. The van der Waals surface area contributed by atoms with Gasteiger partial charge in [-0.3, -0.25) is 0 Å². The van der Waals surface area contributed by atoms with E-state index in [2.05, 4.69) is 47.8 Å². The van der Waals surface area contributed by atoms with Crippen LogP contribution in [-0.4, -0.2) is 5.33 Å². The van der Waals surface area contributed by atoms with Crippen molar-refractivity contribution in [3.8, 4) is 0 Å². The van der Waals surface area contributed by atoms with Crippen LogP contribution in [0.2, 0.25) is 0 Å². The van der Waals surface area contributed by atoms with Crippen molar-refractivity contribution < 1.29 is 8.78 Å². The van der Waals surface area contributed by atoms with Crippen LogP contribution in [-0.2, 0) is 12.8 Å². The van der Waals surface area contributed by atoms with Crippen LogP contribution in [0.3, 0.4) is 0 Å². The Labute approximate surface area is 148 Å². The monoisotopic (exact) mass is 480 g/mol. The first kappa shape index (κ1) is 17.1. The quantitative estimate of drug-likeness (QED) is 0.347. The first-order valence-electron chi connectivity index (χ1n) is 6.44. The molecular weight excluding hydrogens is 470 g/mol. The molecule has 2 aromatic rings. The van der Waals surface area contributed by atoms with E-state index in [0.29, 0.717) is 16.2 Å². The van der Waals surface area contributed by atoms with E-state index in [9.17, 15) is 8.78 Å². The van der Waals surface area contributed by atoms with Crippen molar-refractivity contribution >= 4 is 47.8 Å². The van der Waals surface area contributed by atoms with Gasteiger partial charge in [-0.2, -0.15) is 0 Å². The van der Waals surface area contributed by atoms with Crippen LogP contribution in [0.1, 0.15) is 11.1 Å². The predicted molar refractivity (Wildman–Crippen MR) is 92.9 cm³/mol. The topological polar surface area (TPSA) is 0 Å². The molecule has 0 bridgehead atoms. The number of hydrogen-bond acceptors (Lipinski definition) is 0. The molecule has 0 saturated carbocycles. The summed E-state index contributed by atoms with van der Waals surface area (Å²) in [5.74, 6) is -0.872. The Morgan fingerprint density at radius 3 is 2.43 bits per heavy atom. The van der Waals surface area contributed by atoms with Gasteiger partial charge >= 0.3 is 0 Å². The Morgan fingerprint density at radius 1 is 1.00 bits per heavy atom. The molecule has 0 amide bonds. The maximum Gasteiger partial charge on any atom is 0.143 e. The average Bonchev–Trinajstić information content (AvgIpc) is 2.46. The lowest BCUT2D eigenvalue weighted by Gasteiger charge is -2.16. The summed E-state index contributed by atoms with van der Waals surface area (Å²) in [6, 6.07) is 10.7. The van der Waals surface area contributed by atoms with E-state index in [-0.39, 0.29) is 11.5 Å². The minimum atomic E-state index is -0.504. The lowest BCUT2D eigenvalue weighted by atomic mass is 9.94. The van der Waals surface area contributed by atoms with Gasteiger partial charge in [-0.15, -0.1) is 0 Å². The van der Waals surface area contributed by atoms with Gasteiger partial charge in [-0.1, -0.05) is 44.0 Å². The zero-order chi connectivity index (χ0) is 15.4. The van der Waals surface area contributed by atoms with Gasteiger partial charge in [-0.25, -0.2) is 8.78 Å². The fraction of sp³-hybridized carbons (Fsp3) is 0.250. The fourth-order valence-corrected chi connectivity index (χ4v) is 3.50. The number of hydrogen-bond donors (Lipinski definition) is 0. The number of benzene rings is 2. The van der Waals surface area contributed by atoms with Crippen molar-refractivity contribution in [3.05, 3.63) is 68.1 Å². The summed E-state index contributed by atoms with van der Waals surface area (Å²) in [5.41, 5.74) is 1.29. The molecule has 0 heterocycles. The van der Waals surface area contributed by atoms with Crippen molar-refractivity contribution in [3.63, 3.8) is 0 Å². The second kappa shape index (κ2) is 7.84. The third kappa shape index (κ3) is 4.60. The van der Waals surface area contributed by atoms with E-state index in [1.165, 1.54) is 12.1 Å². The molecule has 2 rings (SSSR count). The van der Waals surface area contributed by atoms with Crippen molar-refractivity contribution in [2.24, 2.45) is 5.92 Å². The van der Waals surface area contributed by atoms with Crippen LogP contribution in [0.5, 0.6) is 0 Å². The van der Waals surface area contributed by atoms with Crippen molar-refractivity contribution in [2.75, 3.05) is 5.33 Å². The molecule has 0 saturated heterocycles. The minimum absolute atomic E-state index is 0.123. The molecule has 2 aromatic carbocycles. The van der Waals surface area contributed by atoms with Crippen molar-refractivity contribution in [1.29, 1.82) is 0 Å². The maximum absolute atomic E-state index is 14.1. The summed E-state index contributed by atoms with van der Waals surface area (Å²) in [6.45, 7) is 0. The van der Waals surface area contributed by atoms with E-state index in [0.717, 1.165) is 16.5 Å². The van der Waals surface area contributed by atoms with Gasteiger partial charge in [0, 0.05) is 15.4 Å². The van der Waals surface area contributed by atoms with Gasteiger partial charge in [0.2, 0.25) is 0 Å². The summed E-state index contributed by atoms with van der Waals surface area (Å²) in [6.07, 6.45) is 1.12. The third-order valence-corrected chi connectivity index (χ3v) is 5.28. The number of halogens is 5. The lowest BCUT2D eigenvalue weighted by molar-refractivity contribution is 0.508. The van der Waals surface area contributed by atoms with E-state index in [4.69, 9.17) is 0 Å². The second-order valence-corrected chi connectivity index (χ2v) is 7.30. The number of rotatable bonds is 5. The normalized spacial score (nSPS) is 12.4. The molecule has 0 aromatic heterocycles. The number of alkyl halides is 1. The standard InChI is InChI=1S/C16H13Br3F2/c17-9-11(6-10-2-1-3-12(18)7-10)8-13-15(20)5-4-14(19)16(13)21/h1-5,7,11H,6,8-9H2. The highest BCUT2D eigenvalue weighted by molar-refractivity contribution is 9.10. The van der Waals surface area contributed by atoms with Crippen LogP contribution < -0.4 is 0 Å². The first-order valence-corrected chi connectivity index (χ1v) is 9.14. The van der Waals surface area contributed by atoms with E-state index in [1.54, 1.807) is 0 Å². The largest absolute Gasteiger partial charge is 0.207 e. The highest BCUT2D eigenvalue weighted by Crippen LogP contribution is 2.26. The van der Waals surface area contributed by atoms with Gasteiger partial charge in [0.05, 0.1) is 4.47 Å². The fourth-order valence-electron chi connectivity index (χ4n) is 2.22. The molecule has 0 radical (unpaired) electrons. The molecule has 0 nitrogen and oxygen atoms in total. The maximum atomic E-state index is 14.1. The zero-order valence-corrected chi connectivity index (χ0v) is 15.8. The van der Waals surface area contributed by atoms with Crippen LogP contribution in [0.15, 0.2) is 45.3 Å². The summed E-state index contributed by atoms with van der Waals surface area (Å²) >= 11 is 9.99. The van der Waals surface area contributed by atoms with Gasteiger partial charge in [0.25, 0.3) is 0 Å². The molecule has 0 spiro atoms.